The zero-order valence-electron chi connectivity index (χ0n) is 12.0. The summed E-state index contributed by atoms with van der Waals surface area (Å²) in [5, 5.41) is 0. The maximum atomic E-state index is 5.61. The molecule has 3 aliphatic rings. The highest BCUT2D eigenvalue weighted by atomic mass is 16.5. The molecule has 3 saturated heterocycles. The van der Waals surface area contributed by atoms with E-state index in [-0.39, 0.29) is 0 Å². The molecule has 104 valence electrons. The molecule has 0 aromatic rings. The highest BCUT2D eigenvalue weighted by molar-refractivity contribution is 4.99. The summed E-state index contributed by atoms with van der Waals surface area (Å²) in [4.78, 5) is 5.49. The molecule has 3 rings (SSSR count). The van der Waals surface area contributed by atoms with Crippen LogP contribution in [-0.4, -0.2) is 60.8 Å². The first kappa shape index (κ1) is 12.9. The van der Waals surface area contributed by atoms with Crippen molar-refractivity contribution in [1.29, 1.82) is 0 Å². The molecular formula is C15H28N2O. The van der Waals surface area contributed by atoms with E-state index in [4.69, 9.17) is 4.74 Å². The Balaban J connectivity index is 1.61. The second kappa shape index (κ2) is 5.48. The molecule has 0 aliphatic carbocycles. The van der Waals surface area contributed by atoms with Gasteiger partial charge < -0.3 is 9.64 Å². The molecule has 0 aromatic carbocycles. The summed E-state index contributed by atoms with van der Waals surface area (Å²) in [5.41, 5.74) is 0. The standard InChI is InChI=1S/C15H28N2O/c1-3-16-8-6-12(7-9-16)17-13-4-5-14(17)11-15(10-13)18-2/h12-15H,3-11H2,1-2H3. The fraction of sp³-hybridized carbons (Fsp3) is 1.00. The lowest BCUT2D eigenvalue weighted by Gasteiger charge is -2.46. The number of fused-ring (bicyclic) bond motifs is 2. The Bertz CT molecular complexity index is 262. The monoisotopic (exact) mass is 252 g/mol. The largest absolute Gasteiger partial charge is 0.381 e. The number of nitrogens with zero attached hydrogens (tertiary/aromatic N) is 2. The van der Waals surface area contributed by atoms with E-state index >= 15 is 0 Å². The summed E-state index contributed by atoms with van der Waals surface area (Å²) in [6.07, 6.45) is 8.70. The summed E-state index contributed by atoms with van der Waals surface area (Å²) >= 11 is 0. The molecule has 0 amide bonds. The van der Waals surface area contributed by atoms with Gasteiger partial charge in [-0.2, -0.15) is 0 Å². The summed E-state index contributed by atoms with van der Waals surface area (Å²) < 4.78 is 5.61. The van der Waals surface area contributed by atoms with Gasteiger partial charge in [-0.3, -0.25) is 4.90 Å². The van der Waals surface area contributed by atoms with Gasteiger partial charge in [0.05, 0.1) is 6.10 Å². The minimum absolute atomic E-state index is 0.537. The Morgan fingerprint density at radius 1 is 0.944 bits per heavy atom. The van der Waals surface area contributed by atoms with E-state index in [0.29, 0.717) is 6.10 Å². The van der Waals surface area contributed by atoms with Gasteiger partial charge >= 0.3 is 0 Å². The van der Waals surface area contributed by atoms with Crippen LogP contribution in [0.15, 0.2) is 0 Å². The fourth-order valence-electron chi connectivity index (χ4n) is 4.49. The molecule has 0 spiro atoms. The molecule has 0 aromatic heterocycles. The van der Waals surface area contributed by atoms with Gasteiger partial charge in [0.1, 0.15) is 0 Å². The van der Waals surface area contributed by atoms with Crippen molar-refractivity contribution in [3.05, 3.63) is 0 Å². The van der Waals surface area contributed by atoms with Crippen LogP contribution < -0.4 is 0 Å². The molecule has 2 unspecified atom stereocenters. The molecule has 0 radical (unpaired) electrons. The topological polar surface area (TPSA) is 15.7 Å². The van der Waals surface area contributed by atoms with Crippen LogP contribution in [0.25, 0.3) is 0 Å². The van der Waals surface area contributed by atoms with Gasteiger partial charge in [-0.1, -0.05) is 6.92 Å². The molecular weight excluding hydrogens is 224 g/mol. The van der Waals surface area contributed by atoms with E-state index < -0.39 is 0 Å². The Labute approximate surface area is 111 Å². The van der Waals surface area contributed by atoms with Crippen molar-refractivity contribution in [2.75, 3.05) is 26.7 Å². The lowest BCUT2D eigenvalue weighted by Crippen LogP contribution is -2.53. The number of hydrogen-bond acceptors (Lipinski definition) is 3. The van der Waals surface area contributed by atoms with Crippen molar-refractivity contribution in [2.45, 2.75) is 69.7 Å². The maximum absolute atomic E-state index is 5.61. The zero-order chi connectivity index (χ0) is 12.5. The first-order valence-electron chi connectivity index (χ1n) is 7.84. The molecule has 2 atom stereocenters. The van der Waals surface area contributed by atoms with E-state index in [9.17, 15) is 0 Å². The zero-order valence-corrected chi connectivity index (χ0v) is 12.0. The van der Waals surface area contributed by atoms with Crippen molar-refractivity contribution < 1.29 is 4.74 Å². The third-order valence-corrected chi connectivity index (χ3v) is 5.51. The summed E-state index contributed by atoms with van der Waals surface area (Å²) in [6, 6.07) is 2.52. The summed E-state index contributed by atoms with van der Waals surface area (Å²) in [5.74, 6) is 0. The Morgan fingerprint density at radius 2 is 1.56 bits per heavy atom. The van der Waals surface area contributed by atoms with E-state index in [1.54, 1.807) is 0 Å². The predicted molar refractivity (Wildman–Crippen MR) is 73.8 cm³/mol. The summed E-state index contributed by atoms with van der Waals surface area (Å²) in [7, 11) is 1.89. The molecule has 3 heteroatoms. The van der Waals surface area contributed by atoms with Crippen LogP contribution in [0.5, 0.6) is 0 Å². The summed E-state index contributed by atoms with van der Waals surface area (Å²) in [6.45, 7) is 6.13. The maximum Gasteiger partial charge on any atom is 0.0601 e. The molecule has 2 bridgehead atoms. The molecule has 3 heterocycles. The smallest absolute Gasteiger partial charge is 0.0601 e. The molecule has 3 aliphatic heterocycles. The first-order chi connectivity index (χ1) is 8.81. The van der Waals surface area contributed by atoms with Crippen molar-refractivity contribution >= 4 is 0 Å². The SMILES string of the molecule is CCN1CCC(N2C3CCC2CC(OC)C3)CC1. The van der Waals surface area contributed by atoms with Crippen LogP contribution >= 0.6 is 0 Å². The van der Waals surface area contributed by atoms with Gasteiger partial charge in [-0.05, 0) is 58.2 Å². The third kappa shape index (κ3) is 2.33. The van der Waals surface area contributed by atoms with Crippen LogP contribution in [0.2, 0.25) is 0 Å². The van der Waals surface area contributed by atoms with E-state index in [1.807, 2.05) is 7.11 Å². The Kier molecular flexibility index (Phi) is 3.92. The highest BCUT2D eigenvalue weighted by Gasteiger charge is 2.44. The van der Waals surface area contributed by atoms with Gasteiger partial charge in [0.2, 0.25) is 0 Å². The second-order valence-electron chi connectivity index (χ2n) is 6.33. The number of rotatable bonds is 3. The average molecular weight is 252 g/mol. The minimum atomic E-state index is 0.537. The van der Waals surface area contributed by atoms with Crippen LogP contribution in [0.1, 0.15) is 45.4 Å². The van der Waals surface area contributed by atoms with Gasteiger partial charge in [0.25, 0.3) is 0 Å². The molecule has 3 nitrogen and oxygen atoms in total. The number of hydrogen-bond donors (Lipinski definition) is 0. The van der Waals surface area contributed by atoms with E-state index in [1.165, 1.54) is 58.2 Å². The number of likely N-dealkylation sites (tertiary alicyclic amines) is 1. The second-order valence-corrected chi connectivity index (χ2v) is 6.33. The number of piperidine rings is 2. The van der Waals surface area contributed by atoms with Crippen molar-refractivity contribution in [3.63, 3.8) is 0 Å². The van der Waals surface area contributed by atoms with Crippen molar-refractivity contribution in [1.82, 2.24) is 9.80 Å². The van der Waals surface area contributed by atoms with Gasteiger partial charge in [0.15, 0.2) is 0 Å². The van der Waals surface area contributed by atoms with Gasteiger partial charge in [0, 0.05) is 25.2 Å². The Hall–Kier alpha value is -0.120. The first-order valence-corrected chi connectivity index (χ1v) is 7.84. The Morgan fingerprint density at radius 3 is 2.06 bits per heavy atom. The number of ether oxygens (including phenoxy) is 1. The van der Waals surface area contributed by atoms with Crippen molar-refractivity contribution in [2.24, 2.45) is 0 Å². The lowest BCUT2D eigenvalue weighted by atomic mass is 9.93. The third-order valence-electron chi connectivity index (χ3n) is 5.51. The number of methoxy groups -OCH3 is 1. The minimum Gasteiger partial charge on any atom is -0.381 e. The predicted octanol–water partition coefficient (Wildman–Crippen LogP) is 2.11. The van der Waals surface area contributed by atoms with E-state index in [2.05, 4.69) is 16.7 Å². The highest BCUT2D eigenvalue weighted by Crippen LogP contribution is 2.40. The van der Waals surface area contributed by atoms with Crippen LogP contribution in [-0.2, 0) is 4.74 Å². The van der Waals surface area contributed by atoms with E-state index in [0.717, 1.165) is 18.1 Å². The van der Waals surface area contributed by atoms with Crippen LogP contribution in [0.4, 0.5) is 0 Å². The normalized spacial score (nSPS) is 39.3. The molecule has 18 heavy (non-hydrogen) atoms. The molecule has 0 N–H and O–H groups in total. The van der Waals surface area contributed by atoms with Crippen molar-refractivity contribution in [3.8, 4) is 0 Å². The van der Waals surface area contributed by atoms with Crippen LogP contribution in [0.3, 0.4) is 0 Å². The van der Waals surface area contributed by atoms with Gasteiger partial charge in [-0.25, -0.2) is 0 Å². The lowest BCUT2D eigenvalue weighted by molar-refractivity contribution is -0.0249. The van der Waals surface area contributed by atoms with Crippen LogP contribution in [0, 0.1) is 0 Å². The average Bonchev–Trinajstić information content (AvgIpc) is 2.69. The molecule has 0 saturated carbocycles. The fourth-order valence-corrected chi connectivity index (χ4v) is 4.49. The quantitative estimate of drug-likeness (QED) is 0.765. The van der Waals surface area contributed by atoms with Gasteiger partial charge in [-0.15, -0.1) is 0 Å². The molecule has 3 fully saturated rings.